The smallest absolute Gasteiger partial charge is 0.332 e. The third kappa shape index (κ3) is 5.82. The maximum atomic E-state index is 12.1. The number of fused-ring (bicyclic) bond motifs is 1. The number of nitrogens with one attached hydrogen (secondary N) is 3. The lowest BCUT2D eigenvalue weighted by Crippen LogP contribution is -2.36. The number of H-pyrrole nitrogens is 1. The van der Waals surface area contributed by atoms with Gasteiger partial charge in [-0.25, -0.2) is 9.78 Å². The molecule has 2 heterocycles. The minimum absolute atomic E-state index is 0.352. The van der Waals surface area contributed by atoms with E-state index in [9.17, 15) is 9.59 Å². The number of aromatic amines is 1. The Hall–Kier alpha value is -1.38. The molecule has 0 amide bonds. The highest BCUT2D eigenvalue weighted by atomic mass is 32.2. The van der Waals surface area contributed by atoms with E-state index in [-0.39, 0.29) is 11.2 Å². The Morgan fingerprint density at radius 3 is 2.54 bits per heavy atom. The highest BCUT2D eigenvalue weighted by Crippen LogP contribution is 2.17. The fourth-order valence-corrected chi connectivity index (χ4v) is 3.13. The molecule has 2 aromatic rings. The van der Waals surface area contributed by atoms with Gasteiger partial charge in [0.15, 0.2) is 21.4 Å². The number of thioether (sulfide) groups is 1. The second-order valence-electron chi connectivity index (χ2n) is 5.33. The molecule has 8 nitrogen and oxygen atoms in total. The molecule has 26 heavy (non-hydrogen) atoms. The van der Waals surface area contributed by atoms with Crippen LogP contribution < -0.4 is 21.9 Å². The maximum Gasteiger partial charge on any atom is 0.332 e. The number of thiocarbonyl (C=S) groups is 1. The van der Waals surface area contributed by atoms with Crippen molar-refractivity contribution in [2.24, 2.45) is 14.1 Å². The van der Waals surface area contributed by atoms with E-state index in [1.165, 1.54) is 23.4 Å². The first kappa shape index (κ1) is 22.7. The number of hydrogen-bond donors (Lipinski definition) is 3. The normalized spacial score (nSPS) is 10.3. The van der Waals surface area contributed by atoms with E-state index < -0.39 is 0 Å². The van der Waals surface area contributed by atoms with Gasteiger partial charge in [-0.3, -0.25) is 13.9 Å². The number of rotatable bonds is 7. The molecule has 1 atom stereocenters. The van der Waals surface area contributed by atoms with Crippen LogP contribution in [0.3, 0.4) is 0 Å². The summed E-state index contributed by atoms with van der Waals surface area (Å²) in [6.45, 7) is 5.64. The third-order valence-electron chi connectivity index (χ3n) is 3.45. The van der Waals surface area contributed by atoms with Gasteiger partial charge < -0.3 is 15.6 Å². The van der Waals surface area contributed by atoms with Crippen molar-refractivity contribution in [3.8, 4) is 0 Å². The van der Waals surface area contributed by atoms with Crippen molar-refractivity contribution in [1.29, 1.82) is 0 Å². The van der Waals surface area contributed by atoms with E-state index in [0.29, 0.717) is 21.4 Å². The molecule has 0 aliphatic rings. The Kier molecular flexibility index (Phi) is 9.90. The van der Waals surface area contributed by atoms with Crippen molar-refractivity contribution in [3.05, 3.63) is 20.8 Å². The van der Waals surface area contributed by atoms with Gasteiger partial charge in [-0.05, 0) is 25.1 Å². The van der Waals surface area contributed by atoms with Gasteiger partial charge in [-0.1, -0.05) is 25.4 Å². The van der Waals surface area contributed by atoms with Gasteiger partial charge in [0.2, 0.25) is 0 Å². The summed E-state index contributed by atoms with van der Waals surface area (Å²) in [4.78, 5) is 31.3. The zero-order chi connectivity index (χ0) is 19.7. The lowest BCUT2D eigenvalue weighted by Gasteiger charge is -2.08. The lowest BCUT2D eigenvalue weighted by atomic mass is 10.5. The van der Waals surface area contributed by atoms with Gasteiger partial charge in [-0.2, -0.15) is 0 Å². The van der Waals surface area contributed by atoms with Gasteiger partial charge >= 0.3 is 5.69 Å². The standard InChI is InChI=1S/C14H22N6O2S2.CH5P/c1-4-6-15-12(23)16-7-5-8-24-13-17-9-10(18-13)19(2)14(22)20(3)11(9)21;1-2/h4-8H2,1-3H3,(H,17,18)(H2,15,16,23);2H2,1H3. The third-order valence-corrected chi connectivity index (χ3v) is 4.70. The molecule has 0 bridgehead atoms. The van der Waals surface area contributed by atoms with E-state index >= 15 is 0 Å². The van der Waals surface area contributed by atoms with E-state index in [4.69, 9.17) is 12.2 Å². The molecule has 2 rings (SSSR count). The predicted molar refractivity (Wildman–Crippen MR) is 116 cm³/mol. The Morgan fingerprint density at radius 2 is 1.88 bits per heavy atom. The van der Waals surface area contributed by atoms with Crippen LogP contribution in [0.25, 0.3) is 11.2 Å². The zero-order valence-corrected chi connectivity index (χ0v) is 18.4. The van der Waals surface area contributed by atoms with Crippen LogP contribution in [0.4, 0.5) is 0 Å². The molecule has 1 unspecified atom stereocenters. The number of aryl methyl sites for hydroxylation is 1. The molecule has 0 saturated carbocycles. The van der Waals surface area contributed by atoms with E-state index in [2.05, 4.69) is 36.8 Å². The van der Waals surface area contributed by atoms with Gasteiger partial charge in [0.05, 0.1) is 0 Å². The molecule has 2 aromatic heterocycles. The molecule has 0 saturated heterocycles. The summed E-state index contributed by atoms with van der Waals surface area (Å²) in [5.74, 6) is 0.817. The van der Waals surface area contributed by atoms with E-state index in [0.717, 1.165) is 36.3 Å². The topological polar surface area (TPSA) is 96.7 Å². The fraction of sp³-hybridized carbons (Fsp3) is 0.600. The quantitative estimate of drug-likeness (QED) is 0.265. The molecular weight excluding hydrogens is 391 g/mol. The SMILES string of the molecule is CCCNC(=S)NCCCSc1nc2c([nH]1)c(=O)n(C)c(=O)n2C.CP. The molecule has 0 aliphatic carbocycles. The summed E-state index contributed by atoms with van der Waals surface area (Å²) >= 11 is 6.65. The van der Waals surface area contributed by atoms with Crippen molar-refractivity contribution < 1.29 is 0 Å². The first-order chi connectivity index (χ1) is 12.5. The van der Waals surface area contributed by atoms with Crippen molar-refractivity contribution in [2.45, 2.75) is 24.9 Å². The summed E-state index contributed by atoms with van der Waals surface area (Å²) in [6.07, 6.45) is 1.93. The van der Waals surface area contributed by atoms with Crippen molar-refractivity contribution in [1.82, 2.24) is 29.7 Å². The maximum absolute atomic E-state index is 12.1. The van der Waals surface area contributed by atoms with Gasteiger partial charge in [-0.15, -0.1) is 9.24 Å². The summed E-state index contributed by atoms with van der Waals surface area (Å²) in [5.41, 5.74) is -0.00635. The molecule has 3 N–H and O–H groups in total. The van der Waals surface area contributed by atoms with Crippen LogP contribution in [0.1, 0.15) is 19.8 Å². The largest absolute Gasteiger partial charge is 0.363 e. The second kappa shape index (κ2) is 11.4. The Morgan fingerprint density at radius 1 is 1.23 bits per heavy atom. The lowest BCUT2D eigenvalue weighted by molar-refractivity contribution is 0.708. The molecule has 0 aliphatic heterocycles. The van der Waals surface area contributed by atoms with Crippen LogP contribution in [0.5, 0.6) is 0 Å². The highest BCUT2D eigenvalue weighted by molar-refractivity contribution is 7.99. The Bertz CT molecular complexity index is 845. The fourth-order valence-electron chi connectivity index (χ4n) is 2.12. The Balaban J connectivity index is 0.00000163. The molecule has 11 heteroatoms. The summed E-state index contributed by atoms with van der Waals surface area (Å²) < 4.78 is 2.44. The van der Waals surface area contributed by atoms with Crippen LogP contribution in [0.15, 0.2) is 14.7 Å². The molecule has 0 fully saturated rings. The number of nitrogens with zero attached hydrogens (tertiary/aromatic N) is 3. The van der Waals surface area contributed by atoms with Crippen LogP contribution in [-0.2, 0) is 14.1 Å². The summed E-state index contributed by atoms with van der Waals surface area (Å²) in [7, 11) is 5.48. The van der Waals surface area contributed by atoms with Crippen molar-refractivity contribution >= 4 is 49.5 Å². The van der Waals surface area contributed by atoms with Gasteiger partial charge in [0, 0.05) is 32.9 Å². The molecule has 0 aromatic carbocycles. The van der Waals surface area contributed by atoms with Gasteiger partial charge in [0.1, 0.15) is 0 Å². The van der Waals surface area contributed by atoms with Crippen LogP contribution >= 0.6 is 33.2 Å². The zero-order valence-electron chi connectivity index (χ0n) is 15.6. The number of hydrogen-bond acceptors (Lipinski definition) is 5. The van der Waals surface area contributed by atoms with E-state index in [1.807, 2.05) is 6.66 Å². The Labute approximate surface area is 164 Å². The van der Waals surface area contributed by atoms with Crippen molar-refractivity contribution in [3.63, 3.8) is 0 Å². The van der Waals surface area contributed by atoms with Crippen LogP contribution in [-0.4, -0.2) is 49.7 Å². The number of aromatic nitrogens is 4. The minimum atomic E-state index is -0.382. The summed E-state index contributed by atoms with van der Waals surface area (Å²) in [5, 5.41) is 7.55. The first-order valence-electron chi connectivity index (χ1n) is 8.33. The summed E-state index contributed by atoms with van der Waals surface area (Å²) in [6, 6.07) is 0. The minimum Gasteiger partial charge on any atom is -0.363 e. The highest BCUT2D eigenvalue weighted by Gasteiger charge is 2.13. The van der Waals surface area contributed by atoms with Crippen LogP contribution in [0.2, 0.25) is 0 Å². The molecular formula is C15H27N6O2PS2. The second-order valence-corrected chi connectivity index (χ2v) is 6.82. The van der Waals surface area contributed by atoms with E-state index in [1.54, 1.807) is 7.05 Å². The molecule has 0 radical (unpaired) electrons. The number of imidazole rings is 1. The van der Waals surface area contributed by atoms with Crippen LogP contribution in [0, 0.1) is 0 Å². The monoisotopic (exact) mass is 418 g/mol. The van der Waals surface area contributed by atoms with Crippen molar-refractivity contribution in [2.75, 3.05) is 25.5 Å². The average Bonchev–Trinajstić information content (AvgIpc) is 3.08. The average molecular weight is 419 g/mol. The molecule has 146 valence electrons. The predicted octanol–water partition coefficient (Wildman–Crippen LogP) is 0.808. The molecule has 0 spiro atoms. The first-order valence-corrected chi connectivity index (χ1v) is 10.9. The van der Waals surface area contributed by atoms with Gasteiger partial charge in [0.25, 0.3) is 5.56 Å².